The topological polar surface area (TPSA) is 50.8 Å². The summed E-state index contributed by atoms with van der Waals surface area (Å²) in [6.07, 6.45) is 2.18. The minimum atomic E-state index is -0.596. The van der Waals surface area contributed by atoms with E-state index in [1.807, 2.05) is 14.0 Å². The Morgan fingerprint density at radius 1 is 1.38 bits per heavy atom. The van der Waals surface area contributed by atoms with Gasteiger partial charge in [0.25, 0.3) is 0 Å². The Hall–Kier alpha value is -0.650. The van der Waals surface area contributed by atoms with Gasteiger partial charge in [0.2, 0.25) is 0 Å². The molecule has 5 nitrogen and oxygen atoms in total. The van der Waals surface area contributed by atoms with Crippen molar-refractivity contribution in [1.82, 2.24) is 10.2 Å². The first-order chi connectivity index (χ1) is 9.87. The highest BCUT2D eigenvalue weighted by atomic mass is 16.5. The fourth-order valence-corrected chi connectivity index (χ4v) is 2.85. The highest BCUT2D eigenvalue weighted by Gasteiger charge is 2.53. The van der Waals surface area contributed by atoms with E-state index in [0.29, 0.717) is 25.7 Å². The summed E-state index contributed by atoms with van der Waals surface area (Å²) in [6.45, 7) is 9.86. The molecule has 1 fully saturated rings. The first kappa shape index (κ1) is 18.4. The van der Waals surface area contributed by atoms with E-state index in [0.717, 1.165) is 12.8 Å². The van der Waals surface area contributed by atoms with E-state index in [9.17, 15) is 4.79 Å². The van der Waals surface area contributed by atoms with Gasteiger partial charge < -0.3 is 9.47 Å². The molecule has 5 heteroatoms. The Morgan fingerprint density at radius 3 is 2.43 bits per heavy atom. The lowest BCUT2D eigenvalue weighted by molar-refractivity contribution is -0.154. The molecule has 1 saturated carbocycles. The molecule has 0 amide bonds. The Labute approximate surface area is 129 Å². The van der Waals surface area contributed by atoms with Crippen LogP contribution in [0.4, 0.5) is 0 Å². The van der Waals surface area contributed by atoms with Crippen LogP contribution in [-0.4, -0.2) is 62.4 Å². The van der Waals surface area contributed by atoms with E-state index in [4.69, 9.17) is 9.47 Å². The minimum Gasteiger partial charge on any atom is -0.465 e. The third-order valence-corrected chi connectivity index (χ3v) is 4.12. The number of carbonyl (C=O) groups is 1. The molecule has 0 spiro atoms. The quantitative estimate of drug-likeness (QED) is 0.622. The molecule has 0 aliphatic heterocycles. The van der Waals surface area contributed by atoms with Crippen molar-refractivity contribution in [1.29, 1.82) is 0 Å². The highest BCUT2D eigenvalue weighted by molar-refractivity contribution is 5.82. The van der Waals surface area contributed by atoms with Gasteiger partial charge in [-0.05, 0) is 53.5 Å². The van der Waals surface area contributed by atoms with Gasteiger partial charge in [-0.1, -0.05) is 0 Å². The molecule has 0 aromatic carbocycles. The van der Waals surface area contributed by atoms with Crippen LogP contribution in [0, 0.1) is 5.92 Å². The first-order valence-electron chi connectivity index (χ1n) is 8.01. The lowest BCUT2D eigenvalue weighted by Gasteiger charge is -2.39. The molecule has 124 valence electrons. The molecule has 21 heavy (non-hydrogen) atoms. The number of hydrogen-bond acceptors (Lipinski definition) is 5. The maximum atomic E-state index is 12.7. The number of hydrogen-bond donors (Lipinski definition) is 1. The van der Waals surface area contributed by atoms with Gasteiger partial charge in [-0.3, -0.25) is 10.2 Å². The van der Waals surface area contributed by atoms with Crippen LogP contribution < -0.4 is 5.32 Å². The normalized spacial score (nSPS) is 19.6. The Balaban J connectivity index is 2.90. The molecule has 1 aliphatic rings. The second-order valence-corrected chi connectivity index (χ2v) is 6.48. The molecular weight excluding hydrogens is 268 g/mol. The predicted octanol–water partition coefficient (Wildman–Crippen LogP) is 1.66. The fraction of sp³-hybridized carbons (Fsp3) is 0.938. The van der Waals surface area contributed by atoms with Gasteiger partial charge >= 0.3 is 5.97 Å². The zero-order valence-corrected chi connectivity index (χ0v) is 14.4. The van der Waals surface area contributed by atoms with Gasteiger partial charge in [-0.15, -0.1) is 0 Å². The zero-order valence-electron chi connectivity index (χ0n) is 14.4. The third-order valence-electron chi connectivity index (χ3n) is 4.12. The van der Waals surface area contributed by atoms with Gasteiger partial charge in [-0.25, -0.2) is 4.79 Å². The molecule has 2 atom stereocenters. The molecule has 1 N–H and O–H groups in total. The van der Waals surface area contributed by atoms with Crippen molar-refractivity contribution < 1.29 is 14.3 Å². The van der Waals surface area contributed by atoms with Crippen molar-refractivity contribution in [2.75, 3.05) is 33.9 Å². The number of likely N-dealkylation sites (N-methyl/N-ethyl adjacent to an activating group) is 1. The number of esters is 1. The molecule has 0 heterocycles. The van der Waals surface area contributed by atoms with Crippen molar-refractivity contribution in [2.24, 2.45) is 5.92 Å². The standard InChI is InChI=1S/C16H32N2O3/c1-7-21-15(19)16(14-8-9-14,17-12(2)3)11-18(5)13(4)10-20-6/h12-14,17H,7-11H2,1-6H3. The number of rotatable bonds is 10. The average molecular weight is 300 g/mol. The molecule has 0 aromatic heterocycles. The monoisotopic (exact) mass is 300 g/mol. The number of nitrogens with one attached hydrogen (secondary N) is 1. The van der Waals surface area contributed by atoms with E-state index in [1.54, 1.807) is 7.11 Å². The van der Waals surface area contributed by atoms with Crippen molar-refractivity contribution in [3.63, 3.8) is 0 Å². The van der Waals surface area contributed by atoms with Crippen LogP contribution in [0.25, 0.3) is 0 Å². The maximum Gasteiger partial charge on any atom is 0.327 e. The summed E-state index contributed by atoms with van der Waals surface area (Å²) in [6, 6.07) is 0.498. The zero-order chi connectivity index (χ0) is 16.0. The van der Waals surface area contributed by atoms with Gasteiger partial charge in [0, 0.05) is 25.7 Å². The Morgan fingerprint density at radius 2 is 2.00 bits per heavy atom. The summed E-state index contributed by atoms with van der Waals surface area (Å²) in [5.41, 5.74) is -0.596. The molecule has 2 unspecified atom stereocenters. The molecular formula is C16H32N2O3. The van der Waals surface area contributed by atoms with Crippen LogP contribution >= 0.6 is 0 Å². The van der Waals surface area contributed by atoms with Crippen LogP contribution in [0.2, 0.25) is 0 Å². The third kappa shape index (κ3) is 4.94. The van der Waals surface area contributed by atoms with E-state index in [2.05, 4.69) is 31.0 Å². The number of methoxy groups -OCH3 is 1. The van der Waals surface area contributed by atoms with Gasteiger partial charge in [0.1, 0.15) is 5.54 Å². The summed E-state index contributed by atoms with van der Waals surface area (Å²) in [7, 11) is 3.75. The Kier molecular flexibility index (Phi) is 7.10. The van der Waals surface area contributed by atoms with E-state index >= 15 is 0 Å². The fourth-order valence-electron chi connectivity index (χ4n) is 2.85. The van der Waals surface area contributed by atoms with E-state index in [-0.39, 0.29) is 18.1 Å². The molecule has 1 rings (SSSR count). The van der Waals surface area contributed by atoms with Crippen LogP contribution in [0.5, 0.6) is 0 Å². The summed E-state index contributed by atoms with van der Waals surface area (Å²) in [5.74, 6) is 0.258. The second-order valence-electron chi connectivity index (χ2n) is 6.48. The number of carbonyl (C=O) groups excluding carboxylic acids is 1. The van der Waals surface area contributed by atoms with E-state index < -0.39 is 5.54 Å². The second kappa shape index (κ2) is 8.11. The lowest BCUT2D eigenvalue weighted by atomic mass is 9.90. The van der Waals surface area contributed by atoms with Crippen LogP contribution in [-0.2, 0) is 14.3 Å². The van der Waals surface area contributed by atoms with Crippen LogP contribution in [0.1, 0.15) is 40.5 Å². The van der Waals surface area contributed by atoms with Crippen molar-refractivity contribution in [3.05, 3.63) is 0 Å². The molecule has 0 saturated heterocycles. The SMILES string of the molecule is CCOC(=O)C(CN(C)C(C)COC)(NC(C)C)C1CC1. The van der Waals surface area contributed by atoms with Gasteiger partial charge in [0.05, 0.1) is 13.2 Å². The maximum absolute atomic E-state index is 12.7. The van der Waals surface area contributed by atoms with Crippen LogP contribution in [0.3, 0.4) is 0 Å². The molecule has 0 aromatic rings. The average Bonchev–Trinajstić information content (AvgIpc) is 3.22. The summed E-state index contributed by atoms with van der Waals surface area (Å²) >= 11 is 0. The van der Waals surface area contributed by atoms with E-state index in [1.165, 1.54) is 0 Å². The Bertz CT molecular complexity index is 331. The molecule has 0 bridgehead atoms. The smallest absolute Gasteiger partial charge is 0.327 e. The van der Waals surface area contributed by atoms with Crippen molar-refractivity contribution >= 4 is 5.97 Å². The summed E-state index contributed by atoms with van der Waals surface area (Å²) in [4.78, 5) is 14.8. The lowest BCUT2D eigenvalue weighted by Crippen LogP contribution is -2.63. The van der Waals surface area contributed by atoms with Gasteiger partial charge in [-0.2, -0.15) is 0 Å². The minimum absolute atomic E-state index is 0.113. The molecule has 0 radical (unpaired) electrons. The van der Waals surface area contributed by atoms with Crippen molar-refractivity contribution in [2.45, 2.75) is 58.2 Å². The van der Waals surface area contributed by atoms with Crippen LogP contribution in [0.15, 0.2) is 0 Å². The first-order valence-corrected chi connectivity index (χ1v) is 8.01. The van der Waals surface area contributed by atoms with Crippen molar-refractivity contribution in [3.8, 4) is 0 Å². The number of nitrogens with zero attached hydrogens (tertiary/aromatic N) is 1. The highest BCUT2D eigenvalue weighted by Crippen LogP contribution is 2.41. The molecule has 1 aliphatic carbocycles. The van der Waals surface area contributed by atoms with Gasteiger partial charge in [0.15, 0.2) is 0 Å². The predicted molar refractivity (Wildman–Crippen MR) is 84.3 cm³/mol. The summed E-state index contributed by atoms with van der Waals surface area (Å²) in [5, 5.41) is 3.51. The number of ether oxygens (including phenoxy) is 2. The largest absolute Gasteiger partial charge is 0.465 e. The summed E-state index contributed by atoms with van der Waals surface area (Å²) < 4.78 is 10.6.